The molecule has 1 aliphatic rings. The van der Waals surface area contributed by atoms with E-state index in [4.69, 9.17) is 10.5 Å². The summed E-state index contributed by atoms with van der Waals surface area (Å²) < 4.78 is 5.31. The van der Waals surface area contributed by atoms with Gasteiger partial charge in [-0.25, -0.2) is 0 Å². The highest BCUT2D eigenvalue weighted by Crippen LogP contribution is 2.32. The van der Waals surface area contributed by atoms with E-state index in [1.807, 2.05) is 18.2 Å². The van der Waals surface area contributed by atoms with Crippen molar-refractivity contribution in [1.29, 1.82) is 0 Å². The van der Waals surface area contributed by atoms with E-state index < -0.39 is 0 Å². The zero-order valence-electron chi connectivity index (χ0n) is 10.3. The molecule has 4 nitrogen and oxygen atoms in total. The van der Waals surface area contributed by atoms with E-state index in [0.29, 0.717) is 13.0 Å². The Morgan fingerprint density at radius 3 is 2.82 bits per heavy atom. The first-order valence-electron chi connectivity index (χ1n) is 5.88. The van der Waals surface area contributed by atoms with Gasteiger partial charge in [-0.2, -0.15) is 0 Å². The highest BCUT2D eigenvalue weighted by Gasteiger charge is 2.29. The van der Waals surface area contributed by atoms with E-state index >= 15 is 0 Å². The quantitative estimate of drug-likeness (QED) is 0.858. The summed E-state index contributed by atoms with van der Waals surface area (Å²) in [6, 6.07) is 5.86. The molecule has 0 radical (unpaired) electrons. The van der Waals surface area contributed by atoms with E-state index in [2.05, 4.69) is 6.92 Å². The zero-order valence-corrected chi connectivity index (χ0v) is 10.3. The lowest BCUT2D eigenvalue weighted by Gasteiger charge is -2.20. The van der Waals surface area contributed by atoms with E-state index in [1.54, 1.807) is 12.0 Å². The number of carbonyl (C=O) groups is 1. The van der Waals surface area contributed by atoms with Gasteiger partial charge in [-0.05, 0) is 24.1 Å². The number of amides is 1. The monoisotopic (exact) mass is 234 g/mol. The van der Waals surface area contributed by atoms with E-state index in [0.717, 1.165) is 17.9 Å². The average Bonchev–Trinajstić information content (AvgIpc) is 2.67. The maximum Gasteiger partial charge on any atom is 0.228 e. The second-order valence-corrected chi connectivity index (χ2v) is 4.33. The Balaban J connectivity index is 2.38. The molecule has 4 heteroatoms. The number of hydrogen-bond acceptors (Lipinski definition) is 3. The molecule has 1 atom stereocenters. The van der Waals surface area contributed by atoms with Gasteiger partial charge in [0.05, 0.1) is 12.8 Å². The summed E-state index contributed by atoms with van der Waals surface area (Å²) in [5.74, 6) is 0.800. The van der Waals surface area contributed by atoms with Gasteiger partial charge in [0, 0.05) is 19.0 Å². The Kier molecular flexibility index (Phi) is 3.33. The molecule has 1 fully saturated rings. The summed E-state index contributed by atoms with van der Waals surface area (Å²) in [4.78, 5) is 13.6. The molecule has 1 aromatic carbocycles. The molecule has 0 aromatic heterocycles. The molecule has 1 aliphatic heterocycles. The summed E-state index contributed by atoms with van der Waals surface area (Å²) in [6.07, 6.45) is 1.35. The second kappa shape index (κ2) is 4.75. The van der Waals surface area contributed by atoms with Crippen molar-refractivity contribution in [3.63, 3.8) is 0 Å². The Morgan fingerprint density at radius 2 is 2.29 bits per heavy atom. The standard InChI is InChI=1S/C13H18N2O2/c1-3-9-4-5-12(17-2)11(6-9)15-8-10(14)7-13(15)16/h4-6,10H,3,7-8,14H2,1-2H3. The minimum absolute atomic E-state index is 0.0718. The molecule has 0 spiro atoms. The van der Waals surface area contributed by atoms with Crippen LogP contribution in [0.5, 0.6) is 5.75 Å². The van der Waals surface area contributed by atoms with Gasteiger partial charge >= 0.3 is 0 Å². The molecule has 2 rings (SSSR count). The Morgan fingerprint density at radius 1 is 1.53 bits per heavy atom. The van der Waals surface area contributed by atoms with Gasteiger partial charge in [0.25, 0.3) is 0 Å². The minimum Gasteiger partial charge on any atom is -0.495 e. The van der Waals surface area contributed by atoms with Crippen LogP contribution >= 0.6 is 0 Å². The van der Waals surface area contributed by atoms with E-state index in [-0.39, 0.29) is 11.9 Å². The van der Waals surface area contributed by atoms with Crippen molar-refractivity contribution >= 4 is 11.6 Å². The number of aryl methyl sites for hydroxylation is 1. The van der Waals surface area contributed by atoms with Crippen LogP contribution in [0.15, 0.2) is 18.2 Å². The normalized spacial score (nSPS) is 19.8. The van der Waals surface area contributed by atoms with Crippen LogP contribution in [0.4, 0.5) is 5.69 Å². The molecule has 0 aliphatic carbocycles. The summed E-state index contributed by atoms with van der Waals surface area (Å²) in [5.41, 5.74) is 7.84. The fourth-order valence-electron chi connectivity index (χ4n) is 2.13. The molecular formula is C13H18N2O2. The van der Waals surface area contributed by atoms with Crippen molar-refractivity contribution in [2.24, 2.45) is 5.73 Å². The number of rotatable bonds is 3. The molecule has 2 N–H and O–H groups in total. The van der Waals surface area contributed by atoms with Crippen molar-refractivity contribution in [2.45, 2.75) is 25.8 Å². The number of hydrogen-bond donors (Lipinski definition) is 1. The van der Waals surface area contributed by atoms with Crippen LogP contribution in [-0.2, 0) is 11.2 Å². The fraction of sp³-hybridized carbons (Fsp3) is 0.462. The van der Waals surface area contributed by atoms with Gasteiger partial charge in [0.1, 0.15) is 5.75 Å². The first-order valence-corrected chi connectivity index (χ1v) is 5.88. The largest absolute Gasteiger partial charge is 0.495 e. The van der Waals surface area contributed by atoms with Crippen molar-refractivity contribution in [2.75, 3.05) is 18.6 Å². The number of carbonyl (C=O) groups excluding carboxylic acids is 1. The molecule has 17 heavy (non-hydrogen) atoms. The van der Waals surface area contributed by atoms with Crippen LogP contribution in [0, 0.1) is 0 Å². The maximum atomic E-state index is 11.8. The number of nitrogens with zero attached hydrogens (tertiary/aromatic N) is 1. The maximum absolute atomic E-state index is 11.8. The first-order chi connectivity index (χ1) is 8.15. The Hall–Kier alpha value is -1.55. The van der Waals surface area contributed by atoms with Crippen LogP contribution < -0.4 is 15.4 Å². The molecule has 0 bridgehead atoms. The molecule has 92 valence electrons. The molecule has 1 unspecified atom stereocenters. The molecular weight excluding hydrogens is 216 g/mol. The molecule has 1 heterocycles. The van der Waals surface area contributed by atoms with Crippen LogP contribution in [0.1, 0.15) is 18.9 Å². The molecule has 1 saturated heterocycles. The summed E-state index contributed by atoms with van der Waals surface area (Å²) in [7, 11) is 1.62. The van der Waals surface area contributed by atoms with Gasteiger partial charge in [-0.3, -0.25) is 4.79 Å². The molecule has 1 amide bonds. The molecule has 0 saturated carbocycles. The lowest BCUT2D eigenvalue weighted by molar-refractivity contribution is -0.117. The number of methoxy groups -OCH3 is 1. The zero-order chi connectivity index (χ0) is 12.4. The summed E-state index contributed by atoms with van der Waals surface area (Å²) in [5, 5.41) is 0. The highest BCUT2D eigenvalue weighted by molar-refractivity contribution is 5.97. The minimum atomic E-state index is -0.0718. The lowest BCUT2D eigenvalue weighted by atomic mass is 10.1. The van der Waals surface area contributed by atoms with Gasteiger partial charge in [0.2, 0.25) is 5.91 Å². The van der Waals surface area contributed by atoms with Crippen LogP contribution in [-0.4, -0.2) is 25.6 Å². The predicted octanol–water partition coefficient (Wildman–Crippen LogP) is 1.32. The van der Waals surface area contributed by atoms with E-state index in [1.165, 1.54) is 5.56 Å². The summed E-state index contributed by atoms with van der Waals surface area (Å²) >= 11 is 0. The number of anilines is 1. The van der Waals surface area contributed by atoms with Gasteiger partial charge in [-0.15, -0.1) is 0 Å². The van der Waals surface area contributed by atoms with Gasteiger partial charge in [0.15, 0.2) is 0 Å². The van der Waals surface area contributed by atoms with Crippen molar-refractivity contribution < 1.29 is 9.53 Å². The van der Waals surface area contributed by atoms with Crippen molar-refractivity contribution in [3.8, 4) is 5.75 Å². The Bertz CT molecular complexity index is 431. The third-order valence-electron chi connectivity index (χ3n) is 3.10. The highest BCUT2D eigenvalue weighted by atomic mass is 16.5. The first kappa shape index (κ1) is 11.9. The number of nitrogens with two attached hydrogens (primary N) is 1. The predicted molar refractivity (Wildman–Crippen MR) is 67.3 cm³/mol. The third-order valence-corrected chi connectivity index (χ3v) is 3.10. The Labute approximate surface area is 101 Å². The third kappa shape index (κ3) is 2.26. The van der Waals surface area contributed by atoms with Crippen LogP contribution in [0.2, 0.25) is 0 Å². The SMILES string of the molecule is CCc1ccc(OC)c(N2CC(N)CC2=O)c1. The molecule has 1 aromatic rings. The number of ether oxygens (including phenoxy) is 1. The van der Waals surface area contributed by atoms with E-state index in [9.17, 15) is 4.79 Å². The van der Waals surface area contributed by atoms with Crippen LogP contribution in [0.25, 0.3) is 0 Å². The lowest BCUT2D eigenvalue weighted by Crippen LogP contribution is -2.28. The smallest absolute Gasteiger partial charge is 0.228 e. The average molecular weight is 234 g/mol. The van der Waals surface area contributed by atoms with Gasteiger partial charge in [-0.1, -0.05) is 13.0 Å². The van der Waals surface area contributed by atoms with Crippen molar-refractivity contribution in [3.05, 3.63) is 23.8 Å². The van der Waals surface area contributed by atoms with Gasteiger partial charge < -0.3 is 15.4 Å². The second-order valence-electron chi connectivity index (χ2n) is 4.33. The topological polar surface area (TPSA) is 55.6 Å². The number of benzene rings is 1. The fourth-order valence-corrected chi connectivity index (χ4v) is 2.13. The summed E-state index contributed by atoms with van der Waals surface area (Å²) in [6.45, 7) is 2.66. The van der Waals surface area contributed by atoms with Crippen molar-refractivity contribution in [1.82, 2.24) is 0 Å². The van der Waals surface area contributed by atoms with Crippen LogP contribution in [0.3, 0.4) is 0 Å².